The Morgan fingerprint density at radius 1 is 1.26 bits per heavy atom. The Bertz CT molecular complexity index is 572. The van der Waals surface area contributed by atoms with E-state index < -0.39 is 0 Å². The summed E-state index contributed by atoms with van der Waals surface area (Å²) >= 11 is 0. The lowest BCUT2D eigenvalue weighted by Gasteiger charge is -2.26. The highest BCUT2D eigenvalue weighted by Gasteiger charge is 2.16. The van der Waals surface area contributed by atoms with Crippen LogP contribution >= 0.6 is 0 Å². The lowest BCUT2D eigenvalue weighted by molar-refractivity contribution is -0.130. The fraction of sp³-hybridized carbons (Fsp3) is 0.429. The highest BCUT2D eigenvalue weighted by atomic mass is 16.2. The standard InChI is InChI=1S/C14H18N4O/c19-14(17-8-2-1-3-9-17)11-16-13-6-4-5-12-15-7-10-18(12)13/h4-7,10,16H,1-3,8-9,11H2. The van der Waals surface area contributed by atoms with Gasteiger partial charge in [-0.25, -0.2) is 4.98 Å². The summed E-state index contributed by atoms with van der Waals surface area (Å²) in [5.74, 6) is 1.08. The summed E-state index contributed by atoms with van der Waals surface area (Å²) in [4.78, 5) is 18.3. The maximum absolute atomic E-state index is 12.1. The molecule has 1 saturated heterocycles. The Morgan fingerprint density at radius 2 is 2.11 bits per heavy atom. The molecule has 5 heteroatoms. The second kappa shape index (κ2) is 5.30. The van der Waals surface area contributed by atoms with Crippen LogP contribution in [0.15, 0.2) is 30.6 Å². The number of pyridine rings is 1. The van der Waals surface area contributed by atoms with E-state index in [4.69, 9.17) is 0 Å². The Balaban J connectivity index is 1.65. The molecule has 1 aliphatic rings. The Morgan fingerprint density at radius 3 is 2.95 bits per heavy atom. The third-order valence-corrected chi connectivity index (χ3v) is 3.56. The number of fused-ring (bicyclic) bond motifs is 1. The average molecular weight is 258 g/mol. The second-order valence-electron chi connectivity index (χ2n) is 4.86. The number of piperidine rings is 1. The van der Waals surface area contributed by atoms with E-state index in [-0.39, 0.29) is 5.91 Å². The molecule has 0 bridgehead atoms. The third kappa shape index (κ3) is 2.54. The van der Waals surface area contributed by atoms with Gasteiger partial charge >= 0.3 is 0 Å². The highest BCUT2D eigenvalue weighted by molar-refractivity contribution is 5.80. The summed E-state index contributed by atoms with van der Waals surface area (Å²) in [6.07, 6.45) is 7.15. The summed E-state index contributed by atoms with van der Waals surface area (Å²) < 4.78 is 1.95. The van der Waals surface area contributed by atoms with Gasteiger partial charge in [-0.3, -0.25) is 9.20 Å². The van der Waals surface area contributed by atoms with Gasteiger partial charge in [0.15, 0.2) is 0 Å². The third-order valence-electron chi connectivity index (χ3n) is 3.56. The molecular weight excluding hydrogens is 240 g/mol. The molecule has 100 valence electrons. The van der Waals surface area contributed by atoms with Crippen molar-refractivity contribution in [2.45, 2.75) is 19.3 Å². The number of rotatable bonds is 3. The van der Waals surface area contributed by atoms with Crippen molar-refractivity contribution in [1.82, 2.24) is 14.3 Å². The molecular formula is C14H18N4O. The van der Waals surface area contributed by atoms with Crippen LogP contribution in [0.25, 0.3) is 5.65 Å². The Labute approximate surface area is 112 Å². The minimum atomic E-state index is 0.178. The van der Waals surface area contributed by atoms with Crippen LogP contribution in [0.5, 0.6) is 0 Å². The maximum Gasteiger partial charge on any atom is 0.241 e. The molecule has 0 saturated carbocycles. The summed E-state index contributed by atoms with van der Waals surface area (Å²) in [7, 11) is 0. The van der Waals surface area contributed by atoms with E-state index in [2.05, 4.69) is 10.3 Å². The molecule has 0 aromatic carbocycles. The number of likely N-dealkylation sites (tertiary alicyclic amines) is 1. The molecule has 2 aromatic heterocycles. The number of carbonyl (C=O) groups excluding carboxylic acids is 1. The van der Waals surface area contributed by atoms with Gasteiger partial charge in [0.1, 0.15) is 11.5 Å². The lowest BCUT2D eigenvalue weighted by Crippen LogP contribution is -2.39. The van der Waals surface area contributed by atoms with Crippen LogP contribution in [0, 0.1) is 0 Å². The van der Waals surface area contributed by atoms with Gasteiger partial charge in [-0.05, 0) is 31.4 Å². The average Bonchev–Trinajstić information content (AvgIpc) is 2.94. The Hall–Kier alpha value is -2.04. The number of anilines is 1. The number of nitrogens with one attached hydrogen (secondary N) is 1. The quantitative estimate of drug-likeness (QED) is 0.912. The fourth-order valence-corrected chi connectivity index (χ4v) is 2.51. The summed E-state index contributed by atoms with van der Waals surface area (Å²) in [6, 6.07) is 5.84. The molecule has 0 aliphatic carbocycles. The van der Waals surface area contributed by atoms with E-state index in [1.807, 2.05) is 33.7 Å². The molecule has 1 fully saturated rings. The molecule has 0 spiro atoms. The van der Waals surface area contributed by atoms with Crippen molar-refractivity contribution >= 4 is 17.4 Å². The SMILES string of the molecule is O=C(CNc1cccc2nccn12)N1CCCCC1. The van der Waals surface area contributed by atoms with E-state index in [0.29, 0.717) is 6.54 Å². The van der Waals surface area contributed by atoms with E-state index in [0.717, 1.165) is 37.4 Å². The second-order valence-corrected chi connectivity index (χ2v) is 4.86. The first-order valence-electron chi connectivity index (χ1n) is 6.78. The van der Waals surface area contributed by atoms with Crippen molar-refractivity contribution in [3.05, 3.63) is 30.6 Å². The topological polar surface area (TPSA) is 49.6 Å². The van der Waals surface area contributed by atoms with Crippen LogP contribution in [-0.2, 0) is 4.79 Å². The van der Waals surface area contributed by atoms with Gasteiger partial charge in [0.05, 0.1) is 6.54 Å². The van der Waals surface area contributed by atoms with Gasteiger partial charge in [-0.2, -0.15) is 0 Å². The molecule has 5 nitrogen and oxygen atoms in total. The van der Waals surface area contributed by atoms with E-state index in [1.54, 1.807) is 6.20 Å². The van der Waals surface area contributed by atoms with Crippen molar-refractivity contribution in [3.63, 3.8) is 0 Å². The zero-order valence-corrected chi connectivity index (χ0v) is 10.9. The molecule has 3 rings (SSSR count). The molecule has 1 N–H and O–H groups in total. The molecule has 19 heavy (non-hydrogen) atoms. The van der Waals surface area contributed by atoms with Crippen LogP contribution in [0.4, 0.5) is 5.82 Å². The number of aromatic nitrogens is 2. The van der Waals surface area contributed by atoms with E-state index in [1.165, 1.54) is 6.42 Å². The van der Waals surface area contributed by atoms with Crippen molar-refractivity contribution in [3.8, 4) is 0 Å². The van der Waals surface area contributed by atoms with Crippen LogP contribution in [0.1, 0.15) is 19.3 Å². The first-order valence-corrected chi connectivity index (χ1v) is 6.78. The van der Waals surface area contributed by atoms with Crippen LogP contribution in [0.3, 0.4) is 0 Å². The first-order chi connectivity index (χ1) is 9.34. The number of carbonyl (C=O) groups is 1. The molecule has 0 radical (unpaired) electrons. The van der Waals surface area contributed by atoms with Gasteiger partial charge in [0.2, 0.25) is 5.91 Å². The fourth-order valence-electron chi connectivity index (χ4n) is 2.51. The first kappa shape index (κ1) is 12.0. The van der Waals surface area contributed by atoms with E-state index >= 15 is 0 Å². The smallest absolute Gasteiger partial charge is 0.241 e. The van der Waals surface area contributed by atoms with Crippen LogP contribution in [0.2, 0.25) is 0 Å². The lowest BCUT2D eigenvalue weighted by atomic mass is 10.1. The predicted octanol–water partition coefficient (Wildman–Crippen LogP) is 1.76. The van der Waals surface area contributed by atoms with Crippen molar-refractivity contribution in [2.75, 3.05) is 25.0 Å². The van der Waals surface area contributed by atoms with Gasteiger partial charge in [-0.15, -0.1) is 0 Å². The number of imidazole rings is 1. The number of nitrogens with zero attached hydrogens (tertiary/aromatic N) is 3. The van der Waals surface area contributed by atoms with Gasteiger partial charge in [0.25, 0.3) is 0 Å². The van der Waals surface area contributed by atoms with Crippen molar-refractivity contribution in [1.29, 1.82) is 0 Å². The number of hydrogen-bond donors (Lipinski definition) is 1. The van der Waals surface area contributed by atoms with Crippen LogP contribution < -0.4 is 5.32 Å². The molecule has 0 unspecified atom stereocenters. The molecule has 3 heterocycles. The zero-order chi connectivity index (χ0) is 13.1. The summed E-state index contributed by atoms with van der Waals surface area (Å²) in [5, 5.41) is 3.20. The normalized spacial score (nSPS) is 15.7. The molecule has 1 aliphatic heterocycles. The summed E-state index contributed by atoms with van der Waals surface area (Å²) in [5.41, 5.74) is 0.885. The van der Waals surface area contributed by atoms with Crippen LogP contribution in [-0.4, -0.2) is 39.8 Å². The highest BCUT2D eigenvalue weighted by Crippen LogP contribution is 2.12. The number of hydrogen-bond acceptors (Lipinski definition) is 3. The Kier molecular flexibility index (Phi) is 3.35. The van der Waals surface area contributed by atoms with Crippen molar-refractivity contribution in [2.24, 2.45) is 0 Å². The minimum Gasteiger partial charge on any atom is -0.362 e. The number of amides is 1. The van der Waals surface area contributed by atoms with Gasteiger partial charge in [0, 0.05) is 25.5 Å². The maximum atomic E-state index is 12.1. The summed E-state index contributed by atoms with van der Waals surface area (Å²) in [6.45, 7) is 2.14. The largest absolute Gasteiger partial charge is 0.362 e. The predicted molar refractivity (Wildman–Crippen MR) is 74.1 cm³/mol. The van der Waals surface area contributed by atoms with Gasteiger partial charge in [-0.1, -0.05) is 6.07 Å². The molecule has 2 aromatic rings. The van der Waals surface area contributed by atoms with Gasteiger partial charge < -0.3 is 10.2 Å². The molecule has 1 amide bonds. The zero-order valence-electron chi connectivity index (χ0n) is 10.9. The minimum absolute atomic E-state index is 0.178. The molecule has 0 atom stereocenters. The van der Waals surface area contributed by atoms with E-state index in [9.17, 15) is 4.79 Å². The monoisotopic (exact) mass is 258 g/mol. The van der Waals surface area contributed by atoms with Crippen molar-refractivity contribution < 1.29 is 4.79 Å².